The van der Waals surface area contributed by atoms with Gasteiger partial charge in [-0.3, -0.25) is 9.59 Å². The van der Waals surface area contributed by atoms with Gasteiger partial charge in [0.2, 0.25) is 11.8 Å². The Balaban J connectivity index is 2.70. The Labute approximate surface area is 131 Å². The highest BCUT2D eigenvalue weighted by Gasteiger charge is 2.31. The second-order valence-corrected chi connectivity index (χ2v) is 5.52. The number of anilines is 1. The van der Waals surface area contributed by atoms with Crippen molar-refractivity contribution in [2.75, 3.05) is 11.9 Å². The summed E-state index contributed by atoms with van der Waals surface area (Å²) in [5.41, 5.74) is -1.12. The minimum Gasteiger partial charge on any atom is -0.355 e. The van der Waals surface area contributed by atoms with Gasteiger partial charge in [-0.25, -0.2) is 0 Å². The molecule has 0 fully saturated rings. The van der Waals surface area contributed by atoms with Crippen molar-refractivity contribution in [2.45, 2.75) is 26.4 Å². The number of carbonyl (C=O) groups is 2. The third-order valence-electron chi connectivity index (χ3n) is 2.60. The number of halogens is 4. The van der Waals surface area contributed by atoms with Crippen LogP contribution in [0.15, 0.2) is 18.2 Å². The molecular weight excluding hydrogens is 321 g/mol. The molecule has 0 spiro atoms. The molecule has 0 heterocycles. The Kier molecular flexibility index (Phi) is 6.22. The van der Waals surface area contributed by atoms with E-state index < -0.39 is 30.0 Å². The summed E-state index contributed by atoms with van der Waals surface area (Å²) in [7, 11) is 0. The summed E-state index contributed by atoms with van der Waals surface area (Å²) in [6.45, 7) is 4.20. The standard InChI is InChI=1S/C14H16ClF3N2O2/c1-8(2)7-19-12(21)6-13(22)20-11-5-9(14(16,17)18)3-4-10(11)15/h3-5,8H,6-7H2,1-2H3,(H,19,21)(H,20,22). The SMILES string of the molecule is CC(C)CNC(=O)CC(=O)Nc1cc(C(F)(F)F)ccc1Cl. The molecule has 22 heavy (non-hydrogen) atoms. The van der Waals surface area contributed by atoms with Crippen LogP contribution in [0.3, 0.4) is 0 Å². The lowest BCUT2D eigenvalue weighted by Gasteiger charge is -2.12. The fourth-order valence-electron chi connectivity index (χ4n) is 1.52. The van der Waals surface area contributed by atoms with Crippen LogP contribution in [0.5, 0.6) is 0 Å². The van der Waals surface area contributed by atoms with E-state index in [0.717, 1.165) is 18.2 Å². The van der Waals surface area contributed by atoms with E-state index in [1.165, 1.54) is 0 Å². The topological polar surface area (TPSA) is 58.2 Å². The summed E-state index contributed by atoms with van der Waals surface area (Å²) in [6.07, 6.45) is -5.03. The summed E-state index contributed by atoms with van der Waals surface area (Å²) in [6, 6.07) is 2.58. The summed E-state index contributed by atoms with van der Waals surface area (Å²) >= 11 is 5.75. The maximum Gasteiger partial charge on any atom is 0.416 e. The van der Waals surface area contributed by atoms with Crippen molar-refractivity contribution in [1.29, 1.82) is 0 Å². The van der Waals surface area contributed by atoms with E-state index in [2.05, 4.69) is 10.6 Å². The molecule has 0 aliphatic rings. The first-order chi connectivity index (χ1) is 10.1. The molecule has 0 bridgehead atoms. The molecule has 1 rings (SSSR count). The lowest BCUT2D eigenvalue weighted by molar-refractivity contribution is -0.137. The van der Waals surface area contributed by atoms with Gasteiger partial charge in [-0.15, -0.1) is 0 Å². The second kappa shape index (κ2) is 7.49. The van der Waals surface area contributed by atoms with Crippen LogP contribution in [-0.4, -0.2) is 18.4 Å². The van der Waals surface area contributed by atoms with Gasteiger partial charge in [0.15, 0.2) is 0 Å². The number of carbonyl (C=O) groups excluding carboxylic acids is 2. The molecular formula is C14H16ClF3N2O2. The number of amides is 2. The molecule has 0 atom stereocenters. The maximum atomic E-state index is 12.6. The number of benzene rings is 1. The zero-order chi connectivity index (χ0) is 16.9. The first kappa shape index (κ1) is 18.3. The van der Waals surface area contributed by atoms with Crippen LogP contribution in [0, 0.1) is 5.92 Å². The van der Waals surface area contributed by atoms with Crippen molar-refractivity contribution in [1.82, 2.24) is 5.32 Å². The van der Waals surface area contributed by atoms with Crippen LogP contribution >= 0.6 is 11.6 Å². The molecule has 4 nitrogen and oxygen atoms in total. The quantitative estimate of drug-likeness (QED) is 0.809. The van der Waals surface area contributed by atoms with Gasteiger partial charge in [0.05, 0.1) is 16.3 Å². The van der Waals surface area contributed by atoms with E-state index in [0.29, 0.717) is 6.54 Å². The van der Waals surface area contributed by atoms with Crippen LogP contribution in [0.2, 0.25) is 5.02 Å². The van der Waals surface area contributed by atoms with Crippen LogP contribution in [0.4, 0.5) is 18.9 Å². The highest BCUT2D eigenvalue weighted by molar-refractivity contribution is 6.33. The second-order valence-electron chi connectivity index (χ2n) is 5.12. The smallest absolute Gasteiger partial charge is 0.355 e. The third kappa shape index (κ3) is 5.93. The van der Waals surface area contributed by atoms with E-state index in [9.17, 15) is 22.8 Å². The van der Waals surface area contributed by atoms with Crippen LogP contribution < -0.4 is 10.6 Å². The predicted octanol–water partition coefficient (Wildman–Crippen LogP) is 3.46. The number of alkyl halides is 3. The first-order valence-electron chi connectivity index (χ1n) is 6.53. The molecule has 0 aromatic heterocycles. The van der Waals surface area contributed by atoms with E-state index in [1.807, 2.05) is 13.8 Å². The summed E-state index contributed by atoms with van der Waals surface area (Å²) in [4.78, 5) is 23.1. The molecule has 8 heteroatoms. The summed E-state index contributed by atoms with van der Waals surface area (Å²) < 4.78 is 37.8. The molecule has 0 radical (unpaired) electrons. The monoisotopic (exact) mass is 336 g/mol. The first-order valence-corrected chi connectivity index (χ1v) is 6.90. The Morgan fingerprint density at radius 2 is 1.86 bits per heavy atom. The molecule has 1 aromatic rings. The maximum absolute atomic E-state index is 12.6. The molecule has 0 unspecified atom stereocenters. The van der Waals surface area contributed by atoms with Crippen molar-refractivity contribution in [3.8, 4) is 0 Å². The number of nitrogens with one attached hydrogen (secondary N) is 2. The zero-order valence-electron chi connectivity index (χ0n) is 12.1. The Bertz CT molecular complexity index is 560. The molecule has 122 valence electrons. The van der Waals surface area contributed by atoms with Crippen molar-refractivity contribution in [3.63, 3.8) is 0 Å². The molecule has 2 N–H and O–H groups in total. The van der Waals surface area contributed by atoms with Crippen LogP contribution in [0.25, 0.3) is 0 Å². The van der Waals surface area contributed by atoms with Gasteiger partial charge in [0, 0.05) is 6.54 Å². The van der Waals surface area contributed by atoms with Gasteiger partial charge >= 0.3 is 6.18 Å². The number of hydrogen-bond donors (Lipinski definition) is 2. The third-order valence-corrected chi connectivity index (χ3v) is 2.93. The van der Waals surface area contributed by atoms with Crippen LogP contribution in [-0.2, 0) is 15.8 Å². The van der Waals surface area contributed by atoms with Gasteiger partial charge < -0.3 is 10.6 Å². The van der Waals surface area contributed by atoms with Gasteiger partial charge in [-0.2, -0.15) is 13.2 Å². The number of hydrogen-bond acceptors (Lipinski definition) is 2. The Hall–Kier alpha value is -1.76. The molecule has 0 saturated heterocycles. The summed E-state index contributed by atoms with van der Waals surface area (Å²) in [5, 5.41) is 4.71. The normalized spacial score (nSPS) is 11.4. The van der Waals surface area contributed by atoms with Gasteiger partial charge in [-0.1, -0.05) is 25.4 Å². The highest BCUT2D eigenvalue weighted by atomic mass is 35.5. The largest absolute Gasteiger partial charge is 0.416 e. The lowest BCUT2D eigenvalue weighted by Crippen LogP contribution is -2.30. The van der Waals surface area contributed by atoms with Crippen molar-refractivity contribution < 1.29 is 22.8 Å². The van der Waals surface area contributed by atoms with Crippen molar-refractivity contribution >= 4 is 29.1 Å². The average Bonchev–Trinajstić information content (AvgIpc) is 2.37. The molecule has 0 saturated carbocycles. The van der Waals surface area contributed by atoms with Gasteiger partial charge in [-0.05, 0) is 24.1 Å². The Morgan fingerprint density at radius 1 is 1.23 bits per heavy atom. The Morgan fingerprint density at radius 3 is 2.41 bits per heavy atom. The lowest BCUT2D eigenvalue weighted by atomic mass is 10.2. The van der Waals surface area contributed by atoms with Crippen LogP contribution in [0.1, 0.15) is 25.8 Å². The predicted molar refractivity (Wildman–Crippen MR) is 77.5 cm³/mol. The van der Waals surface area contributed by atoms with E-state index in [4.69, 9.17) is 11.6 Å². The minimum absolute atomic E-state index is 0.0380. The van der Waals surface area contributed by atoms with Gasteiger partial charge in [0.1, 0.15) is 6.42 Å². The minimum atomic E-state index is -4.54. The van der Waals surface area contributed by atoms with E-state index in [1.54, 1.807) is 0 Å². The fraction of sp³-hybridized carbons (Fsp3) is 0.429. The molecule has 0 aliphatic heterocycles. The summed E-state index contributed by atoms with van der Waals surface area (Å²) in [5.74, 6) is -1.01. The van der Waals surface area contributed by atoms with Crippen molar-refractivity contribution in [2.24, 2.45) is 5.92 Å². The van der Waals surface area contributed by atoms with E-state index in [-0.39, 0.29) is 16.6 Å². The zero-order valence-corrected chi connectivity index (χ0v) is 12.8. The van der Waals surface area contributed by atoms with Gasteiger partial charge in [0.25, 0.3) is 0 Å². The van der Waals surface area contributed by atoms with Crippen molar-refractivity contribution in [3.05, 3.63) is 28.8 Å². The fourth-order valence-corrected chi connectivity index (χ4v) is 1.68. The molecule has 2 amide bonds. The molecule has 1 aromatic carbocycles. The average molecular weight is 337 g/mol. The molecule has 0 aliphatic carbocycles. The van der Waals surface area contributed by atoms with E-state index >= 15 is 0 Å². The highest BCUT2D eigenvalue weighted by Crippen LogP contribution is 2.33. The number of rotatable bonds is 5.